The average Bonchev–Trinajstić information content (AvgIpc) is 3.26. The minimum absolute atomic E-state index is 0.209. The summed E-state index contributed by atoms with van der Waals surface area (Å²) in [5.74, 6) is 0.190. The third kappa shape index (κ3) is 3.80. The molecule has 0 saturated carbocycles. The number of nitrogens with one attached hydrogen (secondary N) is 1. The molecule has 0 spiro atoms. The van der Waals surface area contributed by atoms with Crippen LogP contribution in [0.3, 0.4) is 0 Å². The predicted molar refractivity (Wildman–Crippen MR) is 107 cm³/mol. The molecular formula is C21H18FN3O2S. The molecule has 0 aliphatic carbocycles. The van der Waals surface area contributed by atoms with E-state index in [1.165, 1.54) is 23.5 Å². The molecule has 4 aromatic rings. The van der Waals surface area contributed by atoms with Crippen LogP contribution in [0.4, 0.5) is 10.1 Å². The van der Waals surface area contributed by atoms with Gasteiger partial charge >= 0.3 is 0 Å². The monoisotopic (exact) mass is 395 g/mol. The number of thiazole rings is 1. The standard InChI is InChI=1S/C21H18FN3O2S/c1-3-18-25-16-11-15(8-9-17(16)27-18)24-21(26)20-12(2)23-19(28-20)10-13-4-6-14(22)7-5-13/h4-9,11H,3,10H2,1-2H3,(H,24,26). The predicted octanol–water partition coefficient (Wildman–Crippen LogP) is 5.14. The smallest absolute Gasteiger partial charge is 0.267 e. The van der Waals surface area contributed by atoms with Gasteiger partial charge in [0.05, 0.1) is 10.7 Å². The zero-order valence-corrected chi connectivity index (χ0v) is 16.3. The van der Waals surface area contributed by atoms with Crippen molar-refractivity contribution in [2.45, 2.75) is 26.7 Å². The van der Waals surface area contributed by atoms with Gasteiger partial charge in [-0.3, -0.25) is 4.79 Å². The number of rotatable bonds is 5. The highest BCUT2D eigenvalue weighted by molar-refractivity contribution is 7.14. The first kappa shape index (κ1) is 18.3. The van der Waals surface area contributed by atoms with Crippen LogP contribution in [0.1, 0.15) is 38.8 Å². The van der Waals surface area contributed by atoms with Crippen LogP contribution in [0.5, 0.6) is 0 Å². The lowest BCUT2D eigenvalue weighted by atomic mass is 10.1. The second-order valence-corrected chi connectivity index (χ2v) is 7.51. The molecule has 4 rings (SSSR count). The van der Waals surface area contributed by atoms with Gasteiger partial charge in [0.1, 0.15) is 16.2 Å². The van der Waals surface area contributed by atoms with Crippen molar-refractivity contribution in [1.82, 2.24) is 9.97 Å². The van der Waals surface area contributed by atoms with Gasteiger partial charge in [-0.25, -0.2) is 14.4 Å². The van der Waals surface area contributed by atoms with Gasteiger partial charge in [-0.2, -0.15) is 0 Å². The van der Waals surface area contributed by atoms with E-state index >= 15 is 0 Å². The summed E-state index contributed by atoms with van der Waals surface area (Å²) in [5.41, 5.74) is 3.69. The molecule has 0 atom stereocenters. The van der Waals surface area contributed by atoms with Gasteiger partial charge in [0.15, 0.2) is 11.5 Å². The topological polar surface area (TPSA) is 68.0 Å². The van der Waals surface area contributed by atoms with Crippen molar-refractivity contribution in [3.63, 3.8) is 0 Å². The number of aromatic nitrogens is 2. The molecule has 28 heavy (non-hydrogen) atoms. The Morgan fingerprint density at radius 3 is 2.71 bits per heavy atom. The van der Waals surface area contributed by atoms with Gasteiger partial charge in [-0.15, -0.1) is 11.3 Å². The van der Waals surface area contributed by atoms with Crippen molar-refractivity contribution in [1.29, 1.82) is 0 Å². The van der Waals surface area contributed by atoms with Crippen LogP contribution in [0.2, 0.25) is 0 Å². The number of nitrogens with zero attached hydrogens (tertiary/aromatic N) is 2. The maximum atomic E-state index is 13.0. The Kier molecular flexibility index (Phi) is 4.92. The second-order valence-electron chi connectivity index (χ2n) is 6.42. The van der Waals surface area contributed by atoms with E-state index in [2.05, 4.69) is 15.3 Å². The molecule has 0 aliphatic heterocycles. The van der Waals surface area contributed by atoms with Crippen LogP contribution >= 0.6 is 11.3 Å². The number of amides is 1. The van der Waals surface area contributed by atoms with E-state index in [4.69, 9.17) is 4.42 Å². The third-order valence-corrected chi connectivity index (χ3v) is 5.46. The van der Waals surface area contributed by atoms with Crippen LogP contribution in [0.15, 0.2) is 46.9 Å². The summed E-state index contributed by atoms with van der Waals surface area (Å²) in [6.45, 7) is 3.79. The van der Waals surface area contributed by atoms with Gasteiger partial charge in [-0.1, -0.05) is 19.1 Å². The molecule has 0 bridgehead atoms. The molecule has 0 fully saturated rings. The molecule has 142 valence electrons. The first-order valence-electron chi connectivity index (χ1n) is 8.93. The average molecular weight is 395 g/mol. The quantitative estimate of drug-likeness (QED) is 0.508. The number of oxazole rings is 1. The number of aryl methyl sites for hydroxylation is 2. The Morgan fingerprint density at radius 1 is 1.18 bits per heavy atom. The van der Waals surface area contributed by atoms with Crippen LogP contribution in [0, 0.1) is 12.7 Å². The van der Waals surface area contributed by atoms with Crippen LogP contribution < -0.4 is 5.32 Å². The van der Waals surface area contributed by atoms with Crippen molar-refractivity contribution < 1.29 is 13.6 Å². The molecule has 0 unspecified atom stereocenters. The maximum absolute atomic E-state index is 13.0. The first-order valence-corrected chi connectivity index (χ1v) is 9.75. The van der Waals surface area contributed by atoms with Crippen molar-refractivity contribution >= 4 is 34.0 Å². The minimum atomic E-state index is -0.269. The molecule has 2 aromatic carbocycles. The second kappa shape index (κ2) is 7.52. The normalized spacial score (nSPS) is 11.1. The van der Waals surface area contributed by atoms with Crippen molar-refractivity contribution in [3.05, 3.63) is 75.3 Å². The number of hydrogen-bond donors (Lipinski definition) is 1. The largest absolute Gasteiger partial charge is 0.441 e. The minimum Gasteiger partial charge on any atom is -0.441 e. The highest BCUT2D eigenvalue weighted by Gasteiger charge is 2.16. The molecule has 0 aliphatic rings. The molecule has 0 saturated heterocycles. The lowest BCUT2D eigenvalue weighted by molar-refractivity contribution is 0.103. The van der Waals surface area contributed by atoms with Gasteiger partial charge in [0, 0.05) is 18.5 Å². The van der Waals surface area contributed by atoms with Crippen molar-refractivity contribution in [2.75, 3.05) is 5.32 Å². The number of carbonyl (C=O) groups is 1. The van der Waals surface area contributed by atoms with Crippen molar-refractivity contribution in [3.8, 4) is 0 Å². The maximum Gasteiger partial charge on any atom is 0.267 e. The van der Waals surface area contributed by atoms with Gasteiger partial charge in [0.25, 0.3) is 5.91 Å². The van der Waals surface area contributed by atoms with Crippen LogP contribution in [0.25, 0.3) is 11.1 Å². The van der Waals surface area contributed by atoms with Gasteiger partial charge in [0.2, 0.25) is 0 Å². The summed E-state index contributed by atoms with van der Waals surface area (Å²) in [6, 6.07) is 11.7. The molecule has 5 nitrogen and oxygen atoms in total. The summed E-state index contributed by atoms with van der Waals surface area (Å²) in [6.07, 6.45) is 1.27. The lowest BCUT2D eigenvalue weighted by Crippen LogP contribution is -2.11. The SMILES string of the molecule is CCc1nc2cc(NC(=O)c3sc(Cc4ccc(F)cc4)nc3C)ccc2o1. The molecular weight excluding hydrogens is 377 g/mol. The number of fused-ring (bicyclic) bond motifs is 1. The van der Waals surface area contributed by atoms with E-state index < -0.39 is 0 Å². The van der Waals surface area contributed by atoms with Crippen molar-refractivity contribution in [2.24, 2.45) is 0 Å². The van der Waals surface area contributed by atoms with E-state index in [1.807, 2.05) is 13.8 Å². The van der Waals surface area contributed by atoms with Crippen LogP contribution in [-0.4, -0.2) is 15.9 Å². The Labute approximate surface area is 165 Å². The highest BCUT2D eigenvalue weighted by Crippen LogP contribution is 2.24. The fourth-order valence-electron chi connectivity index (χ4n) is 2.91. The molecule has 7 heteroatoms. The van der Waals surface area contributed by atoms with E-state index in [9.17, 15) is 9.18 Å². The number of benzene rings is 2. The molecule has 1 amide bonds. The fourth-order valence-corrected chi connectivity index (χ4v) is 3.90. The number of hydrogen-bond acceptors (Lipinski definition) is 5. The summed E-state index contributed by atoms with van der Waals surface area (Å²) >= 11 is 1.35. The summed E-state index contributed by atoms with van der Waals surface area (Å²) in [5, 5.41) is 3.72. The number of anilines is 1. The van der Waals surface area contributed by atoms with E-state index in [0.717, 1.165) is 10.6 Å². The summed E-state index contributed by atoms with van der Waals surface area (Å²) in [4.78, 5) is 22.2. The Balaban J connectivity index is 1.51. The number of halogens is 1. The van der Waals surface area contributed by atoms with Gasteiger partial charge < -0.3 is 9.73 Å². The van der Waals surface area contributed by atoms with Gasteiger partial charge in [-0.05, 0) is 42.8 Å². The Morgan fingerprint density at radius 2 is 1.96 bits per heavy atom. The Bertz CT molecular complexity index is 1150. The zero-order chi connectivity index (χ0) is 19.7. The lowest BCUT2D eigenvalue weighted by Gasteiger charge is -2.03. The summed E-state index contributed by atoms with van der Waals surface area (Å²) in [7, 11) is 0. The molecule has 2 aromatic heterocycles. The van der Waals surface area contributed by atoms with E-state index in [0.29, 0.717) is 46.1 Å². The van der Waals surface area contributed by atoms with Crippen LogP contribution in [-0.2, 0) is 12.8 Å². The third-order valence-electron chi connectivity index (χ3n) is 4.31. The molecule has 1 N–H and O–H groups in total. The van der Waals surface area contributed by atoms with E-state index in [1.54, 1.807) is 30.3 Å². The molecule has 2 heterocycles. The fraction of sp³-hybridized carbons (Fsp3) is 0.190. The summed E-state index contributed by atoms with van der Waals surface area (Å²) < 4.78 is 18.6. The highest BCUT2D eigenvalue weighted by atomic mass is 32.1. The zero-order valence-electron chi connectivity index (χ0n) is 15.5. The first-order chi connectivity index (χ1) is 13.5. The van der Waals surface area contributed by atoms with E-state index in [-0.39, 0.29) is 11.7 Å². The number of carbonyl (C=O) groups excluding carboxylic acids is 1. The Hall–Kier alpha value is -3.06. The molecule has 0 radical (unpaired) electrons.